The van der Waals surface area contributed by atoms with E-state index in [0.29, 0.717) is 5.56 Å². The highest BCUT2D eigenvalue weighted by Gasteiger charge is 2.09. The lowest BCUT2D eigenvalue weighted by Crippen LogP contribution is -2.20. The Morgan fingerprint density at radius 1 is 0.955 bits per heavy atom. The maximum absolute atomic E-state index is 12.1. The first-order valence-electron chi connectivity index (χ1n) is 6.72. The first-order valence-corrected chi connectivity index (χ1v) is 7.60. The number of hydrogen-bond acceptors (Lipinski definition) is 4. The Kier molecular flexibility index (Phi) is 4.36. The van der Waals surface area contributed by atoms with Crippen LogP contribution in [0.15, 0.2) is 77.5 Å². The maximum Gasteiger partial charge on any atom is 0.271 e. The van der Waals surface area contributed by atoms with Gasteiger partial charge in [0.1, 0.15) is 5.71 Å². The lowest BCUT2D eigenvalue weighted by molar-refractivity contribution is 0.0955. The predicted molar refractivity (Wildman–Crippen MR) is 88.1 cm³/mol. The zero-order valence-corrected chi connectivity index (χ0v) is 12.5. The molecule has 0 radical (unpaired) electrons. The van der Waals surface area contributed by atoms with Crippen LogP contribution in [-0.4, -0.2) is 16.6 Å². The van der Waals surface area contributed by atoms with Crippen molar-refractivity contribution < 1.29 is 4.79 Å². The van der Waals surface area contributed by atoms with E-state index in [-0.39, 0.29) is 5.91 Å². The quantitative estimate of drug-likeness (QED) is 0.594. The van der Waals surface area contributed by atoms with Crippen molar-refractivity contribution in [1.29, 1.82) is 0 Å². The van der Waals surface area contributed by atoms with Crippen molar-refractivity contribution in [1.82, 2.24) is 10.4 Å². The van der Waals surface area contributed by atoms with Crippen molar-refractivity contribution >= 4 is 23.0 Å². The topological polar surface area (TPSA) is 54.4 Å². The fourth-order valence-corrected chi connectivity index (χ4v) is 2.68. The van der Waals surface area contributed by atoms with Gasteiger partial charge in [-0.2, -0.15) is 5.10 Å². The van der Waals surface area contributed by atoms with E-state index in [1.54, 1.807) is 35.9 Å². The molecule has 1 amide bonds. The van der Waals surface area contributed by atoms with Crippen LogP contribution in [-0.2, 0) is 0 Å². The van der Waals surface area contributed by atoms with Crippen LogP contribution >= 0.6 is 11.3 Å². The highest BCUT2D eigenvalue weighted by atomic mass is 32.1. The van der Waals surface area contributed by atoms with Gasteiger partial charge in [0.05, 0.1) is 4.88 Å². The van der Waals surface area contributed by atoms with E-state index in [1.807, 2.05) is 47.8 Å². The fourth-order valence-electron chi connectivity index (χ4n) is 1.95. The van der Waals surface area contributed by atoms with Gasteiger partial charge in [0.15, 0.2) is 0 Å². The van der Waals surface area contributed by atoms with Crippen LogP contribution in [0.5, 0.6) is 0 Å². The number of amides is 1. The zero-order valence-electron chi connectivity index (χ0n) is 11.6. The van der Waals surface area contributed by atoms with Crippen molar-refractivity contribution in [3.8, 4) is 0 Å². The summed E-state index contributed by atoms with van der Waals surface area (Å²) in [6.45, 7) is 0. The number of pyridine rings is 1. The van der Waals surface area contributed by atoms with Gasteiger partial charge in [-0.25, -0.2) is 5.43 Å². The van der Waals surface area contributed by atoms with E-state index < -0.39 is 0 Å². The Labute approximate surface area is 132 Å². The second-order valence-electron chi connectivity index (χ2n) is 4.48. The molecule has 3 rings (SSSR count). The van der Waals surface area contributed by atoms with Gasteiger partial charge in [0, 0.05) is 23.5 Å². The summed E-state index contributed by atoms with van der Waals surface area (Å²) in [6, 6.07) is 17.0. The molecule has 3 aromatic rings. The molecule has 108 valence electrons. The van der Waals surface area contributed by atoms with Crippen molar-refractivity contribution in [2.45, 2.75) is 0 Å². The molecule has 22 heavy (non-hydrogen) atoms. The fraction of sp³-hybridized carbons (Fsp3) is 0. The van der Waals surface area contributed by atoms with Gasteiger partial charge in [-0.05, 0) is 23.6 Å². The Morgan fingerprint density at radius 2 is 1.73 bits per heavy atom. The van der Waals surface area contributed by atoms with Crippen LogP contribution < -0.4 is 5.43 Å². The van der Waals surface area contributed by atoms with Gasteiger partial charge in [0.25, 0.3) is 5.91 Å². The second-order valence-corrected chi connectivity index (χ2v) is 5.43. The minimum absolute atomic E-state index is 0.257. The van der Waals surface area contributed by atoms with Gasteiger partial charge in [-0.15, -0.1) is 11.3 Å². The molecule has 0 unspecified atom stereocenters. The summed E-state index contributed by atoms with van der Waals surface area (Å²) in [5, 5.41) is 6.30. The third kappa shape index (κ3) is 3.27. The molecular formula is C17H13N3OS. The molecule has 2 aromatic heterocycles. The average Bonchev–Trinajstić information content (AvgIpc) is 3.11. The largest absolute Gasteiger partial charge is 0.271 e. The standard InChI is InChI=1S/C17H13N3OS/c21-17(14-8-10-18-11-9-14)20-19-16(15-7-4-12-22-15)13-5-2-1-3-6-13/h1-12H,(H,20,21)/b19-16-. The molecule has 1 N–H and O–H groups in total. The number of nitrogens with zero attached hydrogens (tertiary/aromatic N) is 2. The number of benzene rings is 1. The number of nitrogens with one attached hydrogen (secondary N) is 1. The van der Waals surface area contributed by atoms with E-state index >= 15 is 0 Å². The number of aromatic nitrogens is 1. The van der Waals surface area contributed by atoms with E-state index in [0.717, 1.165) is 16.2 Å². The van der Waals surface area contributed by atoms with Crippen LogP contribution in [0.25, 0.3) is 0 Å². The summed E-state index contributed by atoms with van der Waals surface area (Å²) in [5.41, 5.74) is 4.85. The number of carbonyl (C=O) groups excluding carboxylic acids is 1. The molecule has 0 aliphatic carbocycles. The molecule has 0 fully saturated rings. The molecule has 1 aromatic carbocycles. The molecule has 0 saturated carbocycles. The van der Waals surface area contributed by atoms with Crippen LogP contribution in [0.4, 0.5) is 0 Å². The van der Waals surface area contributed by atoms with Crippen molar-refractivity contribution in [3.05, 3.63) is 88.4 Å². The van der Waals surface area contributed by atoms with E-state index in [2.05, 4.69) is 15.5 Å². The van der Waals surface area contributed by atoms with Gasteiger partial charge in [0.2, 0.25) is 0 Å². The van der Waals surface area contributed by atoms with Gasteiger partial charge in [-0.1, -0.05) is 36.4 Å². The number of rotatable bonds is 4. The third-order valence-electron chi connectivity index (χ3n) is 3.01. The minimum atomic E-state index is -0.257. The predicted octanol–water partition coefficient (Wildman–Crippen LogP) is 3.33. The molecule has 0 atom stereocenters. The lowest BCUT2D eigenvalue weighted by Gasteiger charge is -2.05. The Balaban J connectivity index is 1.88. The van der Waals surface area contributed by atoms with Crippen molar-refractivity contribution in [2.75, 3.05) is 0 Å². The Bertz CT molecular complexity index is 768. The molecule has 0 aliphatic rings. The van der Waals surface area contributed by atoms with Crippen molar-refractivity contribution in [2.24, 2.45) is 5.10 Å². The number of thiophene rings is 1. The lowest BCUT2D eigenvalue weighted by atomic mass is 10.1. The molecule has 0 aliphatic heterocycles. The van der Waals surface area contributed by atoms with E-state index in [4.69, 9.17) is 0 Å². The van der Waals surface area contributed by atoms with Gasteiger partial charge >= 0.3 is 0 Å². The number of hydrogen-bond donors (Lipinski definition) is 1. The molecule has 0 bridgehead atoms. The summed E-state index contributed by atoms with van der Waals surface area (Å²) < 4.78 is 0. The van der Waals surface area contributed by atoms with Crippen LogP contribution in [0, 0.1) is 0 Å². The SMILES string of the molecule is O=C(N/N=C(/c1ccccc1)c1cccs1)c1ccncc1. The molecular weight excluding hydrogens is 294 g/mol. The summed E-state index contributed by atoms with van der Waals surface area (Å²) in [4.78, 5) is 17.0. The third-order valence-corrected chi connectivity index (χ3v) is 3.89. The normalized spacial score (nSPS) is 11.2. The first-order chi connectivity index (χ1) is 10.8. The van der Waals surface area contributed by atoms with Gasteiger partial charge in [-0.3, -0.25) is 9.78 Å². The molecule has 5 heteroatoms. The zero-order chi connectivity index (χ0) is 15.2. The van der Waals surface area contributed by atoms with Crippen LogP contribution in [0.3, 0.4) is 0 Å². The highest BCUT2D eigenvalue weighted by Crippen LogP contribution is 2.15. The van der Waals surface area contributed by atoms with Crippen LogP contribution in [0.2, 0.25) is 0 Å². The van der Waals surface area contributed by atoms with Crippen LogP contribution in [0.1, 0.15) is 20.8 Å². The number of hydrazone groups is 1. The highest BCUT2D eigenvalue weighted by molar-refractivity contribution is 7.12. The second kappa shape index (κ2) is 6.78. The first kappa shape index (κ1) is 14.2. The van der Waals surface area contributed by atoms with E-state index in [1.165, 1.54) is 0 Å². The summed E-state index contributed by atoms with van der Waals surface area (Å²) in [5.74, 6) is -0.257. The minimum Gasteiger partial charge on any atom is -0.267 e. The Hall–Kier alpha value is -2.79. The summed E-state index contributed by atoms with van der Waals surface area (Å²) >= 11 is 1.58. The van der Waals surface area contributed by atoms with Crippen molar-refractivity contribution in [3.63, 3.8) is 0 Å². The maximum atomic E-state index is 12.1. The molecule has 0 saturated heterocycles. The monoisotopic (exact) mass is 307 g/mol. The average molecular weight is 307 g/mol. The smallest absolute Gasteiger partial charge is 0.267 e. The number of carbonyl (C=O) groups is 1. The molecule has 2 heterocycles. The molecule has 4 nitrogen and oxygen atoms in total. The summed E-state index contributed by atoms with van der Waals surface area (Å²) in [6.07, 6.45) is 3.16. The Morgan fingerprint density at radius 3 is 2.41 bits per heavy atom. The summed E-state index contributed by atoms with van der Waals surface area (Å²) in [7, 11) is 0. The molecule has 0 spiro atoms. The van der Waals surface area contributed by atoms with E-state index in [9.17, 15) is 4.79 Å². The van der Waals surface area contributed by atoms with Gasteiger partial charge < -0.3 is 0 Å².